The van der Waals surface area contributed by atoms with Crippen molar-refractivity contribution in [1.82, 2.24) is 9.97 Å². The molecular formula is C13H14N2O2. The Labute approximate surface area is 99.7 Å². The number of carbonyl (C=O) groups excluding carboxylic acids is 1. The summed E-state index contributed by atoms with van der Waals surface area (Å²) in [7, 11) is 1.63. The molecule has 0 atom stereocenters. The Kier molecular flexibility index (Phi) is 3.23. The first-order valence-electron chi connectivity index (χ1n) is 5.47. The molecule has 0 aliphatic rings. The number of aromatic nitrogens is 2. The van der Waals surface area contributed by atoms with E-state index in [0.29, 0.717) is 5.82 Å². The minimum Gasteiger partial charge on any atom is -0.497 e. The summed E-state index contributed by atoms with van der Waals surface area (Å²) >= 11 is 0. The van der Waals surface area contributed by atoms with E-state index < -0.39 is 0 Å². The van der Waals surface area contributed by atoms with Gasteiger partial charge in [0.15, 0.2) is 12.1 Å². The minimum absolute atomic E-state index is 0.368. The molecule has 0 spiro atoms. The van der Waals surface area contributed by atoms with Crippen LogP contribution in [0, 0.1) is 0 Å². The van der Waals surface area contributed by atoms with E-state index in [1.807, 2.05) is 31.2 Å². The van der Waals surface area contributed by atoms with Crippen LogP contribution in [-0.4, -0.2) is 23.4 Å². The molecule has 1 aromatic heterocycles. The van der Waals surface area contributed by atoms with Crippen molar-refractivity contribution in [2.24, 2.45) is 0 Å². The molecule has 0 unspecified atom stereocenters. The average molecular weight is 230 g/mol. The van der Waals surface area contributed by atoms with Crippen molar-refractivity contribution in [2.75, 3.05) is 7.11 Å². The largest absolute Gasteiger partial charge is 0.497 e. The predicted octanol–water partition coefficient (Wildman–Crippen LogP) is 2.46. The van der Waals surface area contributed by atoms with Crippen molar-refractivity contribution in [3.63, 3.8) is 0 Å². The van der Waals surface area contributed by atoms with Crippen LogP contribution in [0.2, 0.25) is 0 Å². The van der Waals surface area contributed by atoms with Gasteiger partial charge in [0.1, 0.15) is 5.75 Å². The summed E-state index contributed by atoms with van der Waals surface area (Å²) in [5.41, 5.74) is 2.78. The predicted molar refractivity (Wildman–Crippen MR) is 65.3 cm³/mol. The van der Waals surface area contributed by atoms with Crippen LogP contribution in [-0.2, 0) is 6.42 Å². The standard InChI is InChI=1S/C13H14N2O2/c1-3-11-13(15-12(8-16)14-11)9-4-6-10(17-2)7-5-9/h4-8H,3H2,1-2H3,(H,14,15). The normalized spacial score (nSPS) is 10.2. The molecule has 0 fully saturated rings. The van der Waals surface area contributed by atoms with Gasteiger partial charge in [-0.15, -0.1) is 0 Å². The lowest BCUT2D eigenvalue weighted by Crippen LogP contribution is -1.87. The molecule has 0 aliphatic heterocycles. The number of carbonyl (C=O) groups is 1. The van der Waals surface area contributed by atoms with Crippen LogP contribution in [0.1, 0.15) is 23.2 Å². The number of aromatic amines is 1. The molecule has 88 valence electrons. The number of hydrogen-bond donors (Lipinski definition) is 1. The highest BCUT2D eigenvalue weighted by Gasteiger charge is 2.10. The molecule has 0 saturated carbocycles. The molecule has 0 saturated heterocycles. The van der Waals surface area contributed by atoms with E-state index in [1.54, 1.807) is 7.11 Å². The molecule has 17 heavy (non-hydrogen) atoms. The Hall–Kier alpha value is -2.10. The van der Waals surface area contributed by atoms with E-state index in [2.05, 4.69) is 9.97 Å². The zero-order valence-electron chi connectivity index (χ0n) is 9.86. The molecule has 0 radical (unpaired) electrons. The van der Waals surface area contributed by atoms with E-state index in [-0.39, 0.29) is 0 Å². The van der Waals surface area contributed by atoms with Gasteiger partial charge < -0.3 is 9.72 Å². The van der Waals surface area contributed by atoms with Crippen LogP contribution in [0.5, 0.6) is 5.75 Å². The number of H-pyrrole nitrogens is 1. The maximum atomic E-state index is 10.7. The van der Waals surface area contributed by atoms with Crippen molar-refractivity contribution < 1.29 is 9.53 Å². The van der Waals surface area contributed by atoms with Gasteiger partial charge in [-0.05, 0) is 30.7 Å². The van der Waals surface area contributed by atoms with Gasteiger partial charge in [-0.25, -0.2) is 4.98 Å². The Morgan fingerprint density at radius 1 is 1.35 bits per heavy atom. The fourth-order valence-electron chi connectivity index (χ4n) is 1.73. The zero-order valence-corrected chi connectivity index (χ0v) is 9.86. The van der Waals surface area contributed by atoms with Gasteiger partial charge in [0.05, 0.1) is 12.8 Å². The van der Waals surface area contributed by atoms with Gasteiger partial charge in [0, 0.05) is 11.3 Å². The summed E-state index contributed by atoms with van der Waals surface area (Å²) in [6.07, 6.45) is 1.54. The highest BCUT2D eigenvalue weighted by atomic mass is 16.5. The molecule has 4 heteroatoms. The van der Waals surface area contributed by atoms with Crippen molar-refractivity contribution >= 4 is 6.29 Å². The van der Waals surface area contributed by atoms with Crippen LogP contribution in [0.4, 0.5) is 0 Å². The second-order valence-electron chi connectivity index (χ2n) is 3.65. The Bertz CT molecular complexity index is 515. The first kappa shape index (κ1) is 11.4. The number of benzene rings is 1. The summed E-state index contributed by atoms with van der Waals surface area (Å²) < 4.78 is 5.10. The molecular weight excluding hydrogens is 216 g/mol. The van der Waals surface area contributed by atoms with Gasteiger partial charge in [-0.3, -0.25) is 4.79 Å². The summed E-state index contributed by atoms with van der Waals surface area (Å²) in [5, 5.41) is 0. The third-order valence-electron chi connectivity index (χ3n) is 2.63. The highest BCUT2D eigenvalue weighted by Crippen LogP contribution is 2.24. The number of nitrogens with one attached hydrogen (secondary N) is 1. The van der Waals surface area contributed by atoms with Crippen molar-refractivity contribution in [1.29, 1.82) is 0 Å². The van der Waals surface area contributed by atoms with Crippen LogP contribution in [0.15, 0.2) is 24.3 Å². The van der Waals surface area contributed by atoms with Gasteiger partial charge in [0.25, 0.3) is 0 Å². The summed E-state index contributed by atoms with van der Waals surface area (Å²) in [5.74, 6) is 1.17. The van der Waals surface area contributed by atoms with Crippen molar-refractivity contribution in [2.45, 2.75) is 13.3 Å². The van der Waals surface area contributed by atoms with E-state index in [0.717, 1.165) is 35.4 Å². The number of rotatable bonds is 4. The second kappa shape index (κ2) is 4.82. The summed E-state index contributed by atoms with van der Waals surface area (Å²) in [6, 6.07) is 7.62. The van der Waals surface area contributed by atoms with Crippen LogP contribution >= 0.6 is 0 Å². The average Bonchev–Trinajstić information content (AvgIpc) is 2.82. The molecule has 0 amide bonds. The molecule has 2 rings (SSSR count). The number of nitrogens with zero attached hydrogens (tertiary/aromatic N) is 1. The number of aldehydes is 1. The van der Waals surface area contributed by atoms with Crippen molar-refractivity contribution in [3.8, 4) is 17.0 Å². The first-order chi connectivity index (χ1) is 8.28. The smallest absolute Gasteiger partial charge is 0.185 e. The number of ether oxygens (including phenoxy) is 1. The third-order valence-corrected chi connectivity index (χ3v) is 2.63. The summed E-state index contributed by atoms with van der Waals surface area (Å²) in [4.78, 5) is 18.0. The highest BCUT2D eigenvalue weighted by molar-refractivity contribution is 5.73. The fourth-order valence-corrected chi connectivity index (χ4v) is 1.73. The van der Waals surface area contributed by atoms with Gasteiger partial charge in [0.2, 0.25) is 0 Å². The van der Waals surface area contributed by atoms with E-state index >= 15 is 0 Å². The van der Waals surface area contributed by atoms with Crippen molar-refractivity contribution in [3.05, 3.63) is 35.8 Å². The Balaban J connectivity index is 2.43. The second-order valence-corrected chi connectivity index (χ2v) is 3.65. The molecule has 1 aromatic carbocycles. The monoisotopic (exact) mass is 230 g/mol. The summed E-state index contributed by atoms with van der Waals surface area (Å²) in [6.45, 7) is 2.02. The van der Waals surface area contributed by atoms with E-state index in [9.17, 15) is 4.79 Å². The SMILES string of the molecule is CCc1[nH]c(C=O)nc1-c1ccc(OC)cc1. The van der Waals surface area contributed by atoms with Crippen LogP contribution in [0.25, 0.3) is 11.3 Å². The van der Waals surface area contributed by atoms with Gasteiger partial charge in [-0.2, -0.15) is 0 Å². The van der Waals surface area contributed by atoms with Gasteiger partial charge in [-0.1, -0.05) is 6.92 Å². The maximum Gasteiger partial charge on any atom is 0.185 e. The molecule has 1 heterocycles. The molecule has 0 aliphatic carbocycles. The van der Waals surface area contributed by atoms with E-state index in [4.69, 9.17) is 4.74 Å². The molecule has 2 aromatic rings. The van der Waals surface area contributed by atoms with Crippen LogP contribution in [0.3, 0.4) is 0 Å². The lowest BCUT2D eigenvalue weighted by molar-refractivity contribution is 0.111. The number of aryl methyl sites for hydroxylation is 1. The Morgan fingerprint density at radius 2 is 2.06 bits per heavy atom. The maximum absolute atomic E-state index is 10.7. The fraction of sp³-hybridized carbons (Fsp3) is 0.231. The number of methoxy groups -OCH3 is 1. The zero-order chi connectivity index (χ0) is 12.3. The number of hydrogen-bond acceptors (Lipinski definition) is 3. The van der Waals surface area contributed by atoms with E-state index in [1.165, 1.54) is 0 Å². The first-order valence-corrected chi connectivity index (χ1v) is 5.47. The van der Waals surface area contributed by atoms with Gasteiger partial charge >= 0.3 is 0 Å². The topological polar surface area (TPSA) is 55.0 Å². The molecule has 1 N–H and O–H groups in total. The quantitative estimate of drug-likeness (QED) is 0.821. The number of imidazole rings is 1. The Morgan fingerprint density at radius 3 is 2.59 bits per heavy atom. The van der Waals surface area contributed by atoms with Crippen LogP contribution < -0.4 is 4.74 Å². The lowest BCUT2D eigenvalue weighted by atomic mass is 10.1. The lowest BCUT2D eigenvalue weighted by Gasteiger charge is -2.02. The minimum atomic E-state index is 0.368. The third kappa shape index (κ3) is 2.20. The molecule has 0 bridgehead atoms. The molecule has 4 nitrogen and oxygen atoms in total.